The number of carbonyl (C=O) groups excluding carboxylic acids is 1. The highest BCUT2D eigenvalue weighted by Gasteiger charge is 2.37. The van der Waals surface area contributed by atoms with Crippen molar-refractivity contribution in [2.24, 2.45) is 5.73 Å². The summed E-state index contributed by atoms with van der Waals surface area (Å²) in [5.74, 6) is -0.684. The fourth-order valence-corrected chi connectivity index (χ4v) is 3.14. The first-order valence-corrected chi connectivity index (χ1v) is 8.16. The smallest absolute Gasteiger partial charge is 0.351 e. The van der Waals surface area contributed by atoms with E-state index in [1.165, 1.54) is 13.0 Å². The Kier molecular flexibility index (Phi) is 8.16. The molecule has 138 valence electrons. The molecule has 0 fully saturated rings. The van der Waals surface area contributed by atoms with Gasteiger partial charge in [-0.15, -0.1) is 12.4 Å². The molecule has 1 aromatic carbocycles. The van der Waals surface area contributed by atoms with Crippen molar-refractivity contribution < 1.29 is 26.4 Å². The number of nitrogens with two attached hydrogens (primary N) is 1. The highest BCUT2D eigenvalue weighted by molar-refractivity contribution is 7.89. The lowest BCUT2D eigenvalue weighted by molar-refractivity contribution is -0.139. The Hall–Kier alpha value is -1.36. The standard InChI is InChI=1S/C13H18F3N3O3S.ClH/c1-8(7-17)18-12(20)9(2)19-23(21,22)11-6-4-3-5-10(11)13(14,15)16;/h3-6,8-9,19H,7,17H2,1-2H3,(H,18,20);1H/t8-,9?;/m0./s1. The fraction of sp³-hybridized carbons (Fsp3) is 0.462. The third-order valence-electron chi connectivity index (χ3n) is 2.95. The number of hydrogen-bond acceptors (Lipinski definition) is 4. The molecule has 0 saturated carbocycles. The Labute approximate surface area is 144 Å². The molecule has 0 aliphatic rings. The van der Waals surface area contributed by atoms with Crippen molar-refractivity contribution in [1.82, 2.24) is 10.0 Å². The van der Waals surface area contributed by atoms with Gasteiger partial charge in [-0.25, -0.2) is 8.42 Å². The minimum atomic E-state index is -4.83. The molecule has 0 aliphatic heterocycles. The summed E-state index contributed by atoms with van der Waals surface area (Å²) in [6, 6.07) is 2.10. The highest BCUT2D eigenvalue weighted by Crippen LogP contribution is 2.33. The van der Waals surface area contributed by atoms with Crippen LogP contribution in [0.5, 0.6) is 0 Å². The zero-order chi connectivity index (χ0) is 17.8. The minimum absolute atomic E-state index is 0. The van der Waals surface area contributed by atoms with E-state index in [4.69, 9.17) is 5.73 Å². The van der Waals surface area contributed by atoms with Crippen molar-refractivity contribution in [3.05, 3.63) is 29.8 Å². The molecule has 1 aromatic rings. The summed E-state index contributed by atoms with van der Waals surface area (Å²) < 4.78 is 65.0. The molecule has 0 aromatic heterocycles. The number of alkyl halides is 3. The van der Waals surface area contributed by atoms with Crippen molar-refractivity contribution in [2.45, 2.75) is 37.0 Å². The number of sulfonamides is 1. The van der Waals surface area contributed by atoms with Crippen LogP contribution in [0.1, 0.15) is 19.4 Å². The molecule has 0 radical (unpaired) electrons. The van der Waals surface area contributed by atoms with Crippen molar-refractivity contribution >= 4 is 28.3 Å². The average molecular weight is 390 g/mol. The summed E-state index contributed by atoms with van der Waals surface area (Å²) >= 11 is 0. The second kappa shape index (κ2) is 8.65. The van der Waals surface area contributed by atoms with Crippen LogP contribution in [0.4, 0.5) is 13.2 Å². The SMILES string of the molecule is CC(NS(=O)(=O)c1ccccc1C(F)(F)F)C(=O)N[C@@H](C)CN.Cl. The van der Waals surface area contributed by atoms with Gasteiger partial charge in [-0.2, -0.15) is 17.9 Å². The van der Waals surface area contributed by atoms with Crippen LogP contribution >= 0.6 is 12.4 Å². The number of benzene rings is 1. The summed E-state index contributed by atoms with van der Waals surface area (Å²) in [6.45, 7) is 2.98. The molecule has 2 atom stereocenters. The minimum Gasteiger partial charge on any atom is -0.351 e. The van der Waals surface area contributed by atoms with Crippen molar-refractivity contribution in [3.63, 3.8) is 0 Å². The second-order valence-electron chi connectivity index (χ2n) is 4.98. The van der Waals surface area contributed by atoms with E-state index in [1.54, 1.807) is 6.92 Å². The largest absolute Gasteiger partial charge is 0.417 e. The van der Waals surface area contributed by atoms with Gasteiger partial charge in [-0.3, -0.25) is 4.79 Å². The molecule has 4 N–H and O–H groups in total. The van der Waals surface area contributed by atoms with E-state index >= 15 is 0 Å². The molecule has 0 spiro atoms. The molecule has 11 heteroatoms. The van der Waals surface area contributed by atoms with Crippen LogP contribution in [0, 0.1) is 0 Å². The average Bonchev–Trinajstić information content (AvgIpc) is 2.45. The Balaban J connectivity index is 0.00000529. The van der Waals surface area contributed by atoms with Crippen LogP contribution < -0.4 is 15.8 Å². The number of halogens is 4. The monoisotopic (exact) mass is 389 g/mol. The van der Waals surface area contributed by atoms with Gasteiger partial charge in [0, 0.05) is 12.6 Å². The number of carbonyl (C=O) groups is 1. The van der Waals surface area contributed by atoms with E-state index in [9.17, 15) is 26.4 Å². The van der Waals surface area contributed by atoms with Crippen LogP contribution in [0.25, 0.3) is 0 Å². The van der Waals surface area contributed by atoms with Gasteiger partial charge in [-0.1, -0.05) is 12.1 Å². The third kappa shape index (κ3) is 5.93. The summed E-state index contributed by atoms with van der Waals surface area (Å²) in [5, 5.41) is 2.44. The molecule has 0 heterocycles. The van der Waals surface area contributed by atoms with Gasteiger partial charge in [0.15, 0.2) is 0 Å². The Morgan fingerprint density at radius 1 is 1.25 bits per heavy atom. The fourth-order valence-electron chi connectivity index (χ4n) is 1.71. The van der Waals surface area contributed by atoms with Gasteiger partial charge in [0.25, 0.3) is 0 Å². The van der Waals surface area contributed by atoms with Crippen LogP contribution in [-0.4, -0.2) is 33.0 Å². The van der Waals surface area contributed by atoms with E-state index in [0.29, 0.717) is 6.07 Å². The molecule has 6 nitrogen and oxygen atoms in total. The van der Waals surface area contributed by atoms with Gasteiger partial charge in [-0.05, 0) is 26.0 Å². The van der Waals surface area contributed by atoms with Gasteiger partial charge in [0.05, 0.1) is 16.5 Å². The van der Waals surface area contributed by atoms with Crippen molar-refractivity contribution in [2.75, 3.05) is 6.54 Å². The van der Waals surface area contributed by atoms with E-state index in [-0.39, 0.29) is 19.0 Å². The molecule has 0 aliphatic carbocycles. The van der Waals surface area contributed by atoms with Crippen molar-refractivity contribution in [3.8, 4) is 0 Å². The normalized spacial score (nSPS) is 14.4. The molecule has 1 amide bonds. The first kappa shape index (κ1) is 22.6. The lowest BCUT2D eigenvalue weighted by Gasteiger charge is -2.19. The second-order valence-corrected chi connectivity index (χ2v) is 6.66. The lowest BCUT2D eigenvalue weighted by Crippen LogP contribution is -2.49. The van der Waals surface area contributed by atoms with Crippen LogP contribution in [-0.2, 0) is 21.0 Å². The zero-order valence-corrected chi connectivity index (χ0v) is 14.6. The predicted molar refractivity (Wildman–Crippen MR) is 85.1 cm³/mol. The van der Waals surface area contributed by atoms with Gasteiger partial charge in [0.1, 0.15) is 0 Å². The van der Waals surface area contributed by atoms with Gasteiger partial charge < -0.3 is 11.1 Å². The maximum absolute atomic E-state index is 12.9. The quantitative estimate of drug-likeness (QED) is 0.681. The predicted octanol–water partition coefficient (Wildman–Crippen LogP) is 1.26. The van der Waals surface area contributed by atoms with E-state index < -0.39 is 44.6 Å². The van der Waals surface area contributed by atoms with E-state index in [0.717, 1.165) is 12.1 Å². The van der Waals surface area contributed by atoms with Crippen LogP contribution in [0.3, 0.4) is 0 Å². The van der Waals surface area contributed by atoms with Gasteiger partial charge >= 0.3 is 6.18 Å². The zero-order valence-electron chi connectivity index (χ0n) is 12.9. The highest BCUT2D eigenvalue weighted by atomic mass is 35.5. The summed E-state index contributed by atoms with van der Waals surface area (Å²) in [6.07, 6.45) is -4.83. The number of amides is 1. The number of hydrogen-bond donors (Lipinski definition) is 3. The number of rotatable bonds is 6. The lowest BCUT2D eigenvalue weighted by atomic mass is 10.2. The number of nitrogens with one attached hydrogen (secondary N) is 2. The maximum Gasteiger partial charge on any atom is 0.417 e. The Bertz CT molecular complexity index is 668. The van der Waals surface area contributed by atoms with Crippen molar-refractivity contribution in [1.29, 1.82) is 0 Å². The summed E-state index contributed by atoms with van der Waals surface area (Å²) in [5.41, 5.74) is 4.03. The first-order valence-electron chi connectivity index (χ1n) is 6.68. The van der Waals surface area contributed by atoms with Crippen LogP contribution in [0.2, 0.25) is 0 Å². The summed E-state index contributed by atoms with van der Waals surface area (Å²) in [7, 11) is -4.52. The van der Waals surface area contributed by atoms with E-state index in [1.807, 2.05) is 4.72 Å². The topological polar surface area (TPSA) is 101 Å². The molecule has 0 bridgehead atoms. The molecular weight excluding hydrogens is 371 g/mol. The Morgan fingerprint density at radius 3 is 2.29 bits per heavy atom. The molecule has 24 heavy (non-hydrogen) atoms. The van der Waals surface area contributed by atoms with Gasteiger partial charge in [0.2, 0.25) is 15.9 Å². The van der Waals surface area contributed by atoms with E-state index in [2.05, 4.69) is 5.32 Å². The summed E-state index contributed by atoms with van der Waals surface area (Å²) in [4.78, 5) is 10.9. The third-order valence-corrected chi connectivity index (χ3v) is 4.55. The Morgan fingerprint density at radius 2 is 1.79 bits per heavy atom. The first-order chi connectivity index (χ1) is 10.5. The molecule has 1 rings (SSSR count). The maximum atomic E-state index is 12.9. The van der Waals surface area contributed by atoms with Crippen LogP contribution in [0.15, 0.2) is 29.2 Å². The molecule has 0 saturated heterocycles. The molecular formula is C13H19ClF3N3O3S. The molecule has 1 unspecified atom stereocenters.